The second kappa shape index (κ2) is 8.81. The Labute approximate surface area is 205 Å². The summed E-state index contributed by atoms with van der Waals surface area (Å²) in [7, 11) is 0. The van der Waals surface area contributed by atoms with Gasteiger partial charge in [0.25, 0.3) is 0 Å². The van der Waals surface area contributed by atoms with E-state index in [1.54, 1.807) is 47.5 Å². The van der Waals surface area contributed by atoms with Crippen LogP contribution in [-0.4, -0.2) is 26.3 Å². The molecule has 4 aromatic rings. The SMILES string of the molecule is O=C(O)c1cccc(-c2ccc([C@@H]3[C@@H](c4ccccn4)NC(=S)N3c3cc(Cl)ccc3O)o2)c1. The van der Waals surface area contributed by atoms with Gasteiger partial charge in [-0.3, -0.25) is 4.98 Å². The number of carboxylic acid groups (broad SMARTS) is 1. The van der Waals surface area contributed by atoms with Crippen LogP contribution in [0.3, 0.4) is 0 Å². The monoisotopic (exact) mass is 491 g/mol. The summed E-state index contributed by atoms with van der Waals surface area (Å²) in [6.07, 6.45) is 1.70. The van der Waals surface area contributed by atoms with Gasteiger partial charge in [-0.25, -0.2) is 4.79 Å². The molecule has 5 rings (SSSR count). The first-order valence-corrected chi connectivity index (χ1v) is 11.1. The lowest BCUT2D eigenvalue weighted by atomic mass is 10.0. The zero-order valence-electron chi connectivity index (χ0n) is 17.6. The quantitative estimate of drug-likeness (QED) is 0.311. The van der Waals surface area contributed by atoms with Crippen LogP contribution < -0.4 is 10.2 Å². The molecule has 0 aliphatic carbocycles. The number of phenolic OH excluding ortho intramolecular Hbond substituents is 1. The molecule has 0 spiro atoms. The lowest BCUT2D eigenvalue weighted by Crippen LogP contribution is -2.29. The van der Waals surface area contributed by atoms with Crippen molar-refractivity contribution in [1.29, 1.82) is 0 Å². The molecule has 0 bridgehead atoms. The number of hydrogen-bond donors (Lipinski definition) is 3. The zero-order chi connectivity index (χ0) is 23.8. The van der Waals surface area contributed by atoms with Crippen LogP contribution in [-0.2, 0) is 0 Å². The molecule has 1 aliphatic rings. The van der Waals surface area contributed by atoms with Gasteiger partial charge < -0.3 is 24.8 Å². The number of anilines is 1. The van der Waals surface area contributed by atoms with Crippen molar-refractivity contribution in [3.63, 3.8) is 0 Å². The number of thiocarbonyl (C=S) groups is 1. The molecule has 2 aromatic heterocycles. The molecule has 2 atom stereocenters. The summed E-state index contributed by atoms with van der Waals surface area (Å²) in [5.41, 5.74) is 1.96. The maximum absolute atomic E-state index is 11.4. The third-order valence-corrected chi connectivity index (χ3v) is 6.16. The first-order valence-electron chi connectivity index (χ1n) is 10.3. The minimum atomic E-state index is -1.02. The van der Waals surface area contributed by atoms with Crippen LogP contribution in [0.1, 0.15) is 33.9 Å². The molecule has 0 amide bonds. The summed E-state index contributed by atoms with van der Waals surface area (Å²) >= 11 is 11.9. The molecule has 34 heavy (non-hydrogen) atoms. The summed E-state index contributed by atoms with van der Waals surface area (Å²) in [6.45, 7) is 0. The van der Waals surface area contributed by atoms with Gasteiger partial charge in [0.15, 0.2) is 5.11 Å². The summed E-state index contributed by atoms with van der Waals surface area (Å²) < 4.78 is 6.23. The molecule has 2 aromatic carbocycles. The first-order chi connectivity index (χ1) is 16.4. The fourth-order valence-corrected chi connectivity index (χ4v) is 4.57. The minimum absolute atomic E-state index is 0.0150. The highest BCUT2D eigenvalue weighted by Crippen LogP contribution is 2.45. The number of furan rings is 1. The number of halogens is 1. The molecule has 1 saturated heterocycles. The van der Waals surface area contributed by atoms with Crippen LogP contribution in [0.25, 0.3) is 11.3 Å². The normalized spacial score (nSPS) is 17.6. The maximum Gasteiger partial charge on any atom is 0.335 e. The van der Waals surface area contributed by atoms with E-state index in [-0.39, 0.29) is 17.4 Å². The van der Waals surface area contributed by atoms with Crippen molar-refractivity contribution < 1.29 is 19.4 Å². The predicted octanol–water partition coefficient (Wildman–Crippen LogP) is 5.58. The van der Waals surface area contributed by atoms with E-state index >= 15 is 0 Å². The second-order valence-corrected chi connectivity index (χ2v) is 8.54. The Morgan fingerprint density at radius 2 is 1.94 bits per heavy atom. The predicted molar refractivity (Wildman–Crippen MR) is 132 cm³/mol. The van der Waals surface area contributed by atoms with Gasteiger partial charge in [0.1, 0.15) is 23.3 Å². The average Bonchev–Trinajstić information content (AvgIpc) is 3.46. The molecule has 1 fully saturated rings. The van der Waals surface area contributed by atoms with Crippen LogP contribution in [0.4, 0.5) is 5.69 Å². The van der Waals surface area contributed by atoms with Crippen molar-refractivity contribution >= 4 is 40.6 Å². The van der Waals surface area contributed by atoms with E-state index in [2.05, 4.69) is 10.3 Å². The van der Waals surface area contributed by atoms with E-state index in [1.165, 1.54) is 12.1 Å². The van der Waals surface area contributed by atoms with Crippen molar-refractivity contribution in [1.82, 2.24) is 10.3 Å². The summed E-state index contributed by atoms with van der Waals surface area (Å²) in [5, 5.41) is 24.1. The number of aromatic carboxylic acids is 1. The summed E-state index contributed by atoms with van der Waals surface area (Å²) in [4.78, 5) is 17.6. The van der Waals surface area contributed by atoms with Gasteiger partial charge >= 0.3 is 5.97 Å². The molecule has 3 N–H and O–H groups in total. The van der Waals surface area contributed by atoms with Crippen molar-refractivity contribution in [3.8, 4) is 17.1 Å². The fraction of sp³-hybridized carbons (Fsp3) is 0.0800. The Bertz CT molecular complexity index is 1390. The Morgan fingerprint density at radius 1 is 1.09 bits per heavy atom. The molecule has 0 saturated carbocycles. The molecule has 3 heterocycles. The first kappa shape index (κ1) is 21.9. The number of aromatic hydroxyl groups is 1. The third kappa shape index (κ3) is 3.98. The van der Waals surface area contributed by atoms with E-state index in [0.29, 0.717) is 32.9 Å². The largest absolute Gasteiger partial charge is 0.506 e. The molecule has 0 unspecified atom stereocenters. The Kier molecular flexibility index (Phi) is 5.69. The van der Waals surface area contributed by atoms with Gasteiger partial charge in [0, 0.05) is 16.8 Å². The lowest BCUT2D eigenvalue weighted by Gasteiger charge is -2.26. The number of carbonyl (C=O) groups is 1. The summed E-state index contributed by atoms with van der Waals surface area (Å²) in [6, 6.07) is 19.6. The number of phenols is 1. The van der Waals surface area contributed by atoms with Gasteiger partial charge in [0.05, 0.1) is 23.0 Å². The molecule has 1 aliphatic heterocycles. The fourth-order valence-electron chi connectivity index (χ4n) is 4.07. The number of nitrogens with zero attached hydrogens (tertiary/aromatic N) is 2. The van der Waals surface area contributed by atoms with Crippen LogP contribution in [0.5, 0.6) is 5.75 Å². The van der Waals surface area contributed by atoms with Crippen LogP contribution in [0.2, 0.25) is 5.02 Å². The van der Waals surface area contributed by atoms with Gasteiger partial charge in [-0.05, 0) is 66.8 Å². The number of rotatable bonds is 5. The average molecular weight is 492 g/mol. The summed E-state index contributed by atoms with van der Waals surface area (Å²) in [5.74, 6) is 0.0574. The van der Waals surface area contributed by atoms with E-state index in [1.807, 2.05) is 24.3 Å². The number of hydrogen-bond acceptors (Lipinski definition) is 5. The highest BCUT2D eigenvalue weighted by molar-refractivity contribution is 7.80. The Hall–Kier alpha value is -3.88. The maximum atomic E-state index is 11.4. The van der Waals surface area contributed by atoms with E-state index in [9.17, 15) is 15.0 Å². The van der Waals surface area contributed by atoms with E-state index in [4.69, 9.17) is 28.2 Å². The minimum Gasteiger partial charge on any atom is -0.506 e. The third-order valence-electron chi connectivity index (χ3n) is 5.61. The Balaban J connectivity index is 1.62. The number of pyridine rings is 1. The highest BCUT2D eigenvalue weighted by atomic mass is 35.5. The molecule has 170 valence electrons. The molecule has 9 heteroatoms. The lowest BCUT2D eigenvalue weighted by molar-refractivity contribution is 0.0697. The van der Waals surface area contributed by atoms with Gasteiger partial charge in [-0.15, -0.1) is 0 Å². The number of nitrogens with one attached hydrogen (secondary N) is 1. The van der Waals surface area contributed by atoms with Crippen LogP contribution in [0, 0.1) is 0 Å². The number of carboxylic acids is 1. The van der Waals surface area contributed by atoms with Crippen molar-refractivity contribution in [2.45, 2.75) is 12.1 Å². The van der Waals surface area contributed by atoms with Crippen LogP contribution >= 0.6 is 23.8 Å². The van der Waals surface area contributed by atoms with Crippen LogP contribution in [0.15, 0.2) is 83.4 Å². The molecule has 0 radical (unpaired) electrons. The second-order valence-electron chi connectivity index (χ2n) is 7.72. The van der Waals surface area contributed by atoms with Crippen molar-refractivity contribution in [3.05, 3.63) is 101 Å². The zero-order valence-corrected chi connectivity index (χ0v) is 19.1. The topological polar surface area (TPSA) is 98.8 Å². The Morgan fingerprint density at radius 3 is 2.71 bits per heavy atom. The van der Waals surface area contributed by atoms with Crippen molar-refractivity contribution in [2.75, 3.05) is 4.90 Å². The standard InChI is InChI=1S/C25H18ClN3O4S/c26-16-7-8-19(30)18(13-16)29-23(22(28-25(29)34)17-6-1-2-11-27-17)21-10-9-20(33-21)14-4-3-5-15(12-14)24(31)32/h1-13,22-23,30H,(H,28,34)(H,31,32)/t22-,23-/m1/s1. The molecular formula is C25H18ClN3O4S. The van der Waals surface area contributed by atoms with E-state index < -0.39 is 12.0 Å². The van der Waals surface area contributed by atoms with Gasteiger partial charge in [-0.1, -0.05) is 29.8 Å². The molecular weight excluding hydrogens is 474 g/mol. The molecule has 7 nitrogen and oxygen atoms in total. The number of aromatic nitrogens is 1. The van der Waals surface area contributed by atoms with Gasteiger partial charge in [-0.2, -0.15) is 0 Å². The van der Waals surface area contributed by atoms with E-state index in [0.717, 1.165) is 5.69 Å². The van der Waals surface area contributed by atoms with Gasteiger partial charge in [0.2, 0.25) is 0 Å². The van der Waals surface area contributed by atoms with Crippen molar-refractivity contribution in [2.24, 2.45) is 0 Å². The highest BCUT2D eigenvalue weighted by Gasteiger charge is 2.43. The smallest absolute Gasteiger partial charge is 0.335 e. The number of benzene rings is 2.